The van der Waals surface area contributed by atoms with Crippen LogP contribution in [0.15, 0.2) is 49.1 Å². The van der Waals surface area contributed by atoms with E-state index in [4.69, 9.17) is 0 Å². The minimum atomic E-state index is 0.908. The van der Waals surface area contributed by atoms with Gasteiger partial charge in [-0.05, 0) is 24.3 Å². The van der Waals surface area contributed by atoms with E-state index in [0.29, 0.717) is 0 Å². The molecule has 0 aromatic carbocycles. The quantitative estimate of drug-likeness (QED) is 0.531. The number of nitrogens with one attached hydrogen (secondary N) is 2. The Bertz CT molecular complexity index is 769. The largest absolute Gasteiger partial charge is 0.346 e. The second kappa shape index (κ2) is 3.43. The molecule has 4 heterocycles. The molecule has 0 radical (unpaired) electrons. The Morgan fingerprint density at radius 2 is 1.22 bits per heavy atom. The van der Waals surface area contributed by atoms with Gasteiger partial charge in [-0.1, -0.05) is 0 Å². The molecule has 0 unspecified atom stereocenters. The molecule has 4 aromatic rings. The number of nitrogens with zero attached hydrogens (tertiary/aromatic N) is 2. The van der Waals surface area contributed by atoms with Crippen molar-refractivity contribution in [1.29, 1.82) is 0 Å². The van der Waals surface area contributed by atoms with Gasteiger partial charge in [-0.25, -0.2) is 9.97 Å². The highest BCUT2D eigenvalue weighted by molar-refractivity contribution is 6.02. The molecule has 0 atom stereocenters. The molecule has 4 aromatic heterocycles. The average Bonchev–Trinajstić information content (AvgIpc) is 3.01. The van der Waals surface area contributed by atoms with Crippen molar-refractivity contribution in [2.75, 3.05) is 0 Å². The summed E-state index contributed by atoms with van der Waals surface area (Å²) in [6.07, 6.45) is 7.57. The summed E-state index contributed by atoms with van der Waals surface area (Å²) >= 11 is 0. The van der Waals surface area contributed by atoms with E-state index in [-0.39, 0.29) is 0 Å². The summed E-state index contributed by atoms with van der Waals surface area (Å²) in [5.41, 5.74) is 4.12. The molecule has 0 aliphatic heterocycles. The van der Waals surface area contributed by atoms with Gasteiger partial charge in [-0.3, -0.25) is 0 Å². The lowest BCUT2D eigenvalue weighted by molar-refractivity contribution is 1.32. The van der Waals surface area contributed by atoms with Gasteiger partial charge in [0.1, 0.15) is 11.3 Å². The molecule has 0 fully saturated rings. The van der Waals surface area contributed by atoms with E-state index >= 15 is 0 Å². The summed E-state index contributed by atoms with van der Waals surface area (Å²) in [5.74, 6) is 0. The predicted molar refractivity (Wildman–Crippen MR) is 71.2 cm³/mol. The van der Waals surface area contributed by atoms with Crippen molar-refractivity contribution in [2.45, 2.75) is 0 Å². The van der Waals surface area contributed by atoms with Crippen LogP contribution in [-0.4, -0.2) is 19.9 Å². The van der Waals surface area contributed by atoms with Crippen LogP contribution < -0.4 is 0 Å². The first kappa shape index (κ1) is 9.41. The fourth-order valence-corrected chi connectivity index (χ4v) is 2.36. The van der Waals surface area contributed by atoms with Crippen LogP contribution in [0.2, 0.25) is 0 Å². The Balaban J connectivity index is 2.08. The molecule has 0 bridgehead atoms. The Hall–Kier alpha value is -2.62. The van der Waals surface area contributed by atoms with E-state index < -0.39 is 0 Å². The van der Waals surface area contributed by atoms with Crippen LogP contribution in [0.3, 0.4) is 0 Å². The van der Waals surface area contributed by atoms with Crippen LogP contribution >= 0.6 is 0 Å². The van der Waals surface area contributed by atoms with E-state index in [2.05, 4.69) is 32.1 Å². The topological polar surface area (TPSA) is 57.4 Å². The van der Waals surface area contributed by atoms with E-state index in [9.17, 15) is 0 Å². The van der Waals surface area contributed by atoms with Gasteiger partial charge in [0.25, 0.3) is 0 Å². The molecule has 0 aliphatic carbocycles. The smallest absolute Gasteiger partial charge is 0.137 e. The summed E-state index contributed by atoms with van der Waals surface area (Å²) in [6.45, 7) is 0. The highest BCUT2D eigenvalue weighted by Crippen LogP contribution is 2.32. The molecular formula is C14H10N4. The molecule has 18 heavy (non-hydrogen) atoms. The molecule has 0 aliphatic rings. The summed E-state index contributed by atoms with van der Waals surface area (Å²) in [6, 6.07) is 8.05. The summed E-state index contributed by atoms with van der Waals surface area (Å²) < 4.78 is 0. The zero-order valence-corrected chi connectivity index (χ0v) is 9.51. The van der Waals surface area contributed by atoms with Crippen molar-refractivity contribution >= 4 is 22.1 Å². The Labute approximate surface area is 103 Å². The Morgan fingerprint density at radius 3 is 1.72 bits per heavy atom. The van der Waals surface area contributed by atoms with Gasteiger partial charge in [0.05, 0.1) is 0 Å². The number of hydrogen-bond donors (Lipinski definition) is 2. The van der Waals surface area contributed by atoms with Crippen LogP contribution in [0.1, 0.15) is 0 Å². The number of aromatic amines is 2. The van der Waals surface area contributed by atoms with E-state index in [1.54, 1.807) is 12.4 Å². The van der Waals surface area contributed by atoms with Crippen molar-refractivity contribution in [3.05, 3.63) is 49.1 Å². The molecule has 0 saturated carbocycles. The van der Waals surface area contributed by atoms with Gasteiger partial charge in [0.2, 0.25) is 0 Å². The van der Waals surface area contributed by atoms with Crippen LogP contribution in [0.5, 0.6) is 0 Å². The van der Waals surface area contributed by atoms with Crippen molar-refractivity contribution < 1.29 is 0 Å². The molecular weight excluding hydrogens is 224 g/mol. The lowest BCUT2D eigenvalue weighted by atomic mass is 10.1. The number of rotatable bonds is 1. The SMILES string of the molecule is c1cnc2[nH]cc(-c3c[nH]c4ncccc34)c2c1. The van der Waals surface area contributed by atoms with Crippen LogP contribution in [0, 0.1) is 0 Å². The highest BCUT2D eigenvalue weighted by Gasteiger charge is 2.11. The maximum Gasteiger partial charge on any atom is 0.137 e. The first-order chi connectivity index (χ1) is 8.93. The molecule has 4 nitrogen and oxygen atoms in total. The molecule has 4 heteroatoms. The van der Waals surface area contributed by atoms with Gasteiger partial charge >= 0.3 is 0 Å². The zero-order chi connectivity index (χ0) is 11.9. The van der Waals surface area contributed by atoms with E-state index in [1.807, 2.05) is 24.5 Å². The summed E-state index contributed by atoms with van der Waals surface area (Å²) in [4.78, 5) is 15.0. The predicted octanol–water partition coefficient (Wildman–Crippen LogP) is 3.11. The number of pyridine rings is 2. The van der Waals surface area contributed by atoms with Crippen molar-refractivity contribution in [3.63, 3.8) is 0 Å². The zero-order valence-electron chi connectivity index (χ0n) is 9.51. The highest BCUT2D eigenvalue weighted by atomic mass is 14.9. The molecule has 0 amide bonds. The first-order valence-corrected chi connectivity index (χ1v) is 5.78. The van der Waals surface area contributed by atoms with E-state index in [1.165, 1.54) is 0 Å². The van der Waals surface area contributed by atoms with Crippen molar-refractivity contribution in [1.82, 2.24) is 19.9 Å². The maximum atomic E-state index is 4.31. The normalized spacial score (nSPS) is 11.3. The van der Waals surface area contributed by atoms with Crippen molar-refractivity contribution in [2.24, 2.45) is 0 Å². The first-order valence-electron chi connectivity index (χ1n) is 5.78. The van der Waals surface area contributed by atoms with Crippen LogP contribution in [0.25, 0.3) is 33.2 Å². The van der Waals surface area contributed by atoms with Gasteiger partial charge in [0, 0.05) is 46.7 Å². The molecule has 4 rings (SSSR count). The second-order valence-corrected chi connectivity index (χ2v) is 4.20. The third kappa shape index (κ3) is 1.20. The molecule has 0 spiro atoms. The monoisotopic (exact) mass is 234 g/mol. The minimum absolute atomic E-state index is 0.908. The van der Waals surface area contributed by atoms with Crippen LogP contribution in [-0.2, 0) is 0 Å². The number of aromatic nitrogens is 4. The standard InChI is InChI=1S/C14H10N4/c1-3-9-11(7-17-13(9)15-5-1)12-8-18-14-10(12)4-2-6-16-14/h1-8H,(H,15,17)(H,16,18). The maximum absolute atomic E-state index is 4.31. The third-order valence-electron chi connectivity index (χ3n) is 3.19. The van der Waals surface area contributed by atoms with Gasteiger partial charge < -0.3 is 9.97 Å². The fraction of sp³-hybridized carbons (Fsp3) is 0. The van der Waals surface area contributed by atoms with E-state index in [0.717, 1.165) is 33.2 Å². The molecule has 0 saturated heterocycles. The fourth-order valence-electron chi connectivity index (χ4n) is 2.36. The summed E-state index contributed by atoms with van der Waals surface area (Å²) in [5, 5.41) is 2.25. The Kier molecular flexibility index (Phi) is 1.80. The molecule has 86 valence electrons. The third-order valence-corrected chi connectivity index (χ3v) is 3.19. The number of fused-ring (bicyclic) bond motifs is 2. The lowest BCUT2D eigenvalue weighted by Crippen LogP contribution is -1.76. The average molecular weight is 234 g/mol. The summed E-state index contributed by atoms with van der Waals surface area (Å²) in [7, 11) is 0. The van der Waals surface area contributed by atoms with Gasteiger partial charge in [-0.2, -0.15) is 0 Å². The second-order valence-electron chi connectivity index (χ2n) is 4.20. The molecule has 2 N–H and O–H groups in total. The minimum Gasteiger partial charge on any atom is -0.346 e. The van der Waals surface area contributed by atoms with Gasteiger partial charge in [0.15, 0.2) is 0 Å². The lowest BCUT2D eigenvalue weighted by Gasteiger charge is -1.96. The Morgan fingerprint density at radius 1 is 0.722 bits per heavy atom. The van der Waals surface area contributed by atoms with Crippen molar-refractivity contribution in [3.8, 4) is 11.1 Å². The van der Waals surface area contributed by atoms with Crippen LogP contribution in [0.4, 0.5) is 0 Å². The number of H-pyrrole nitrogens is 2. The number of hydrogen-bond acceptors (Lipinski definition) is 2. The van der Waals surface area contributed by atoms with Gasteiger partial charge in [-0.15, -0.1) is 0 Å².